The maximum absolute atomic E-state index is 5.92. The Kier molecular flexibility index (Phi) is 5.03. The minimum absolute atomic E-state index is 0.497. The summed E-state index contributed by atoms with van der Waals surface area (Å²) in [5, 5.41) is 0. The molecule has 0 aromatic carbocycles. The van der Waals surface area contributed by atoms with Crippen molar-refractivity contribution in [3.63, 3.8) is 0 Å². The first-order valence-electron chi connectivity index (χ1n) is 6.45. The Bertz CT molecular complexity index is 187. The van der Waals surface area contributed by atoms with Crippen molar-refractivity contribution in [1.29, 1.82) is 0 Å². The standard InChI is InChI=1S/C12H24N2O2/c1-13-4-2-12(3-5-13)16-11-8-14-6-9-15-10-7-14/h12H,2-11H2,1H3. The lowest BCUT2D eigenvalue weighted by Gasteiger charge is -2.30. The Morgan fingerprint density at radius 1 is 1.12 bits per heavy atom. The molecule has 0 saturated carbocycles. The summed E-state index contributed by atoms with van der Waals surface area (Å²) >= 11 is 0. The summed E-state index contributed by atoms with van der Waals surface area (Å²) in [4.78, 5) is 4.81. The van der Waals surface area contributed by atoms with E-state index in [4.69, 9.17) is 9.47 Å². The smallest absolute Gasteiger partial charge is 0.0600 e. The molecule has 2 saturated heterocycles. The Hall–Kier alpha value is -0.160. The van der Waals surface area contributed by atoms with Gasteiger partial charge in [-0.2, -0.15) is 0 Å². The number of morpholine rings is 1. The van der Waals surface area contributed by atoms with Crippen molar-refractivity contribution in [2.24, 2.45) is 0 Å². The lowest BCUT2D eigenvalue weighted by Crippen LogP contribution is -2.40. The Balaban J connectivity index is 1.53. The SMILES string of the molecule is CN1CCC(OCCN2CCOCC2)CC1. The van der Waals surface area contributed by atoms with E-state index in [9.17, 15) is 0 Å². The van der Waals surface area contributed by atoms with E-state index < -0.39 is 0 Å². The van der Waals surface area contributed by atoms with Crippen LogP contribution in [0.3, 0.4) is 0 Å². The molecule has 2 aliphatic heterocycles. The van der Waals surface area contributed by atoms with E-state index in [1.54, 1.807) is 0 Å². The lowest BCUT2D eigenvalue weighted by molar-refractivity contribution is -0.0157. The van der Waals surface area contributed by atoms with Gasteiger partial charge >= 0.3 is 0 Å². The van der Waals surface area contributed by atoms with Gasteiger partial charge in [0.1, 0.15) is 0 Å². The number of nitrogens with zero attached hydrogens (tertiary/aromatic N) is 2. The van der Waals surface area contributed by atoms with Gasteiger partial charge in [0.2, 0.25) is 0 Å². The predicted octanol–water partition coefficient (Wildman–Crippen LogP) is 0.429. The van der Waals surface area contributed by atoms with E-state index in [-0.39, 0.29) is 0 Å². The van der Waals surface area contributed by atoms with Gasteiger partial charge < -0.3 is 14.4 Å². The van der Waals surface area contributed by atoms with Gasteiger partial charge in [-0.1, -0.05) is 0 Å². The maximum Gasteiger partial charge on any atom is 0.0600 e. The highest BCUT2D eigenvalue weighted by Gasteiger charge is 2.17. The molecule has 0 unspecified atom stereocenters. The van der Waals surface area contributed by atoms with Crippen molar-refractivity contribution in [2.45, 2.75) is 18.9 Å². The average Bonchev–Trinajstić information content (AvgIpc) is 2.33. The summed E-state index contributed by atoms with van der Waals surface area (Å²) in [5.74, 6) is 0. The normalized spacial score (nSPS) is 26.1. The first-order chi connectivity index (χ1) is 7.84. The fraction of sp³-hybridized carbons (Fsp3) is 1.00. The molecule has 4 heteroatoms. The van der Waals surface area contributed by atoms with Gasteiger partial charge in [-0.05, 0) is 19.9 Å². The second-order valence-electron chi connectivity index (χ2n) is 4.83. The first-order valence-corrected chi connectivity index (χ1v) is 6.45. The zero-order valence-electron chi connectivity index (χ0n) is 10.4. The van der Waals surface area contributed by atoms with Crippen molar-refractivity contribution in [3.8, 4) is 0 Å². The fourth-order valence-electron chi connectivity index (χ4n) is 2.32. The molecule has 2 fully saturated rings. The van der Waals surface area contributed by atoms with Gasteiger partial charge in [-0.15, -0.1) is 0 Å². The summed E-state index contributed by atoms with van der Waals surface area (Å²) in [6, 6.07) is 0. The fourth-order valence-corrected chi connectivity index (χ4v) is 2.32. The Morgan fingerprint density at radius 2 is 1.81 bits per heavy atom. The van der Waals surface area contributed by atoms with Crippen LogP contribution in [0.25, 0.3) is 0 Å². The number of piperidine rings is 1. The zero-order chi connectivity index (χ0) is 11.2. The average molecular weight is 228 g/mol. The molecule has 0 aliphatic carbocycles. The van der Waals surface area contributed by atoms with Crippen LogP contribution in [0.1, 0.15) is 12.8 Å². The molecule has 0 amide bonds. The Labute approximate surface area is 98.5 Å². The largest absolute Gasteiger partial charge is 0.379 e. The van der Waals surface area contributed by atoms with E-state index in [1.165, 1.54) is 25.9 Å². The van der Waals surface area contributed by atoms with Gasteiger partial charge in [0.25, 0.3) is 0 Å². The third-order valence-corrected chi connectivity index (χ3v) is 3.53. The van der Waals surface area contributed by atoms with Crippen LogP contribution >= 0.6 is 0 Å². The van der Waals surface area contributed by atoms with Gasteiger partial charge in [0.15, 0.2) is 0 Å². The third-order valence-electron chi connectivity index (χ3n) is 3.53. The van der Waals surface area contributed by atoms with Crippen molar-refractivity contribution in [2.75, 3.05) is 59.6 Å². The van der Waals surface area contributed by atoms with Crippen LogP contribution in [-0.4, -0.2) is 75.5 Å². The topological polar surface area (TPSA) is 24.9 Å². The number of ether oxygens (including phenoxy) is 2. The molecule has 0 aromatic heterocycles. The lowest BCUT2D eigenvalue weighted by atomic mass is 10.1. The van der Waals surface area contributed by atoms with Gasteiger partial charge in [-0.25, -0.2) is 0 Å². The second-order valence-corrected chi connectivity index (χ2v) is 4.83. The zero-order valence-corrected chi connectivity index (χ0v) is 10.4. The maximum atomic E-state index is 5.92. The first kappa shape index (κ1) is 12.3. The molecule has 2 aliphatic rings. The monoisotopic (exact) mass is 228 g/mol. The van der Waals surface area contributed by atoms with Crippen LogP contribution < -0.4 is 0 Å². The highest BCUT2D eigenvalue weighted by molar-refractivity contribution is 4.70. The van der Waals surface area contributed by atoms with Crippen molar-refractivity contribution in [1.82, 2.24) is 9.80 Å². The van der Waals surface area contributed by atoms with Crippen LogP contribution in [0, 0.1) is 0 Å². The number of rotatable bonds is 4. The highest BCUT2D eigenvalue weighted by Crippen LogP contribution is 2.11. The molecule has 0 aromatic rings. The quantitative estimate of drug-likeness (QED) is 0.696. The van der Waals surface area contributed by atoms with Crippen molar-refractivity contribution < 1.29 is 9.47 Å². The summed E-state index contributed by atoms with van der Waals surface area (Å²) in [6.45, 7) is 8.21. The molecule has 94 valence electrons. The molecule has 2 heterocycles. The third kappa shape index (κ3) is 4.01. The number of hydrogen-bond acceptors (Lipinski definition) is 4. The van der Waals surface area contributed by atoms with Gasteiger partial charge in [-0.3, -0.25) is 4.90 Å². The minimum Gasteiger partial charge on any atom is -0.379 e. The van der Waals surface area contributed by atoms with Gasteiger partial charge in [0, 0.05) is 32.7 Å². The van der Waals surface area contributed by atoms with E-state index in [1.807, 2.05) is 0 Å². The predicted molar refractivity (Wildman–Crippen MR) is 63.7 cm³/mol. The van der Waals surface area contributed by atoms with Crippen LogP contribution in [0.5, 0.6) is 0 Å². The molecule has 0 radical (unpaired) electrons. The minimum atomic E-state index is 0.497. The molecule has 2 rings (SSSR count). The van der Waals surface area contributed by atoms with Crippen LogP contribution in [-0.2, 0) is 9.47 Å². The molecular formula is C12H24N2O2. The summed E-state index contributed by atoms with van der Waals surface area (Å²) < 4.78 is 11.2. The number of hydrogen-bond donors (Lipinski definition) is 0. The van der Waals surface area contributed by atoms with E-state index in [0.29, 0.717) is 6.10 Å². The van der Waals surface area contributed by atoms with Gasteiger partial charge in [0.05, 0.1) is 25.9 Å². The van der Waals surface area contributed by atoms with Crippen LogP contribution in [0.4, 0.5) is 0 Å². The molecule has 0 bridgehead atoms. The summed E-state index contributed by atoms with van der Waals surface area (Å²) in [5.41, 5.74) is 0. The molecule has 0 N–H and O–H groups in total. The van der Waals surface area contributed by atoms with E-state index in [2.05, 4.69) is 16.8 Å². The van der Waals surface area contributed by atoms with Crippen molar-refractivity contribution >= 4 is 0 Å². The second kappa shape index (κ2) is 6.55. The molecular weight excluding hydrogens is 204 g/mol. The summed E-state index contributed by atoms with van der Waals surface area (Å²) in [7, 11) is 2.18. The van der Waals surface area contributed by atoms with E-state index in [0.717, 1.165) is 39.5 Å². The molecule has 16 heavy (non-hydrogen) atoms. The molecule has 0 spiro atoms. The Morgan fingerprint density at radius 3 is 2.50 bits per heavy atom. The molecule has 0 atom stereocenters. The number of likely N-dealkylation sites (tertiary alicyclic amines) is 1. The van der Waals surface area contributed by atoms with E-state index >= 15 is 0 Å². The van der Waals surface area contributed by atoms with Crippen LogP contribution in [0.15, 0.2) is 0 Å². The highest BCUT2D eigenvalue weighted by atomic mass is 16.5. The van der Waals surface area contributed by atoms with Crippen LogP contribution in [0.2, 0.25) is 0 Å². The summed E-state index contributed by atoms with van der Waals surface area (Å²) in [6.07, 6.45) is 2.89. The molecule has 4 nitrogen and oxygen atoms in total. The van der Waals surface area contributed by atoms with Crippen molar-refractivity contribution in [3.05, 3.63) is 0 Å².